The number of rotatable bonds is 12. The highest BCUT2D eigenvalue weighted by Gasteiger charge is 2.36. The number of ether oxygens (including phenoxy) is 4. The van der Waals surface area contributed by atoms with Gasteiger partial charge in [0.25, 0.3) is 0 Å². The molecule has 14 heteroatoms. The number of nitrogens with zero attached hydrogens (tertiary/aromatic N) is 6. The van der Waals surface area contributed by atoms with Crippen LogP contribution in [0.5, 0.6) is 17.4 Å². The molecule has 0 aliphatic carbocycles. The predicted octanol–water partition coefficient (Wildman–Crippen LogP) is 3.75. The SMILES string of the molecule is COc1cccc(-c2nnc(NS(=O)(=O)[C@H](C)[C@H](OC(C)C)c3ncc(C)cn3)n2-c2c(OC)cccc2OC)n1. The van der Waals surface area contributed by atoms with Crippen LogP contribution in [0.25, 0.3) is 17.2 Å². The normalized spacial score (nSPS) is 13.1. The van der Waals surface area contributed by atoms with E-state index in [0.29, 0.717) is 28.8 Å². The maximum atomic E-state index is 13.9. The molecule has 0 saturated heterocycles. The zero-order valence-electron chi connectivity index (χ0n) is 23.9. The van der Waals surface area contributed by atoms with Gasteiger partial charge in [0.05, 0.1) is 27.4 Å². The summed E-state index contributed by atoms with van der Waals surface area (Å²) in [5.41, 5.74) is 1.57. The van der Waals surface area contributed by atoms with Gasteiger partial charge in [0.15, 0.2) is 11.6 Å². The van der Waals surface area contributed by atoms with Gasteiger partial charge in [0.2, 0.25) is 21.9 Å². The molecule has 4 rings (SSSR count). The summed E-state index contributed by atoms with van der Waals surface area (Å²) >= 11 is 0. The zero-order valence-corrected chi connectivity index (χ0v) is 24.7. The Balaban J connectivity index is 1.86. The maximum absolute atomic E-state index is 13.9. The van der Waals surface area contributed by atoms with E-state index in [9.17, 15) is 8.42 Å². The van der Waals surface area contributed by atoms with Crippen molar-refractivity contribution in [3.63, 3.8) is 0 Å². The van der Waals surface area contributed by atoms with Gasteiger partial charge < -0.3 is 18.9 Å². The number of nitrogens with one attached hydrogen (secondary N) is 1. The smallest absolute Gasteiger partial charge is 0.243 e. The first-order valence-corrected chi connectivity index (χ1v) is 14.3. The lowest BCUT2D eigenvalue weighted by Crippen LogP contribution is -2.35. The summed E-state index contributed by atoms with van der Waals surface area (Å²) in [5, 5.41) is 7.37. The standard InChI is InChI=1S/C27H33N7O6S/c1-16(2)40-24(25-28-14-17(3)15-29-25)18(4)41(35,36)33-27-32-31-26(19-10-8-13-22(30-19)39-7)34(27)23-20(37-5)11-9-12-21(23)38-6/h8-16,18,24H,1-7H3,(H,32,33)/t18-,24+/m1/s1. The van der Waals surface area contributed by atoms with Gasteiger partial charge in [-0.05, 0) is 51.5 Å². The highest BCUT2D eigenvalue weighted by Crippen LogP contribution is 2.38. The van der Waals surface area contributed by atoms with Crippen molar-refractivity contribution in [2.45, 2.75) is 45.2 Å². The van der Waals surface area contributed by atoms with Crippen LogP contribution in [0.2, 0.25) is 0 Å². The largest absolute Gasteiger partial charge is 0.494 e. The second kappa shape index (κ2) is 12.5. The minimum absolute atomic E-state index is 0.118. The van der Waals surface area contributed by atoms with Gasteiger partial charge in [0, 0.05) is 18.5 Å². The van der Waals surface area contributed by atoms with E-state index in [1.807, 2.05) is 20.8 Å². The summed E-state index contributed by atoms with van der Waals surface area (Å²) in [5.74, 6) is 1.45. The molecular formula is C27H33N7O6S. The van der Waals surface area contributed by atoms with E-state index >= 15 is 0 Å². The lowest BCUT2D eigenvalue weighted by Gasteiger charge is -2.25. The summed E-state index contributed by atoms with van der Waals surface area (Å²) in [4.78, 5) is 13.1. The van der Waals surface area contributed by atoms with Crippen LogP contribution < -0.4 is 18.9 Å². The summed E-state index contributed by atoms with van der Waals surface area (Å²) in [6.07, 6.45) is 1.97. The molecular weight excluding hydrogens is 550 g/mol. The van der Waals surface area contributed by atoms with Gasteiger partial charge in [-0.15, -0.1) is 10.2 Å². The molecule has 4 aromatic rings. The van der Waals surface area contributed by atoms with E-state index < -0.39 is 21.4 Å². The molecule has 0 unspecified atom stereocenters. The first-order valence-electron chi connectivity index (χ1n) is 12.7. The average molecular weight is 584 g/mol. The molecule has 218 valence electrons. The van der Waals surface area contributed by atoms with Crippen LogP contribution in [0.3, 0.4) is 0 Å². The minimum atomic E-state index is -4.17. The number of methoxy groups -OCH3 is 3. The highest BCUT2D eigenvalue weighted by atomic mass is 32.2. The molecule has 0 saturated carbocycles. The highest BCUT2D eigenvalue weighted by molar-refractivity contribution is 7.93. The van der Waals surface area contributed by atoms with E-state index in [1.165, 1.54) is 32.8 Å². The third-order valence-corrected chi connectivity index (χ3v) is 7.77. The summed E-state index contributed by atoms with van der Waals surface area (Å²) in [6, 6.07) is 10.3. The number of aromatic nitrogens is 6. The summed E-state index contributed by atoms with van der Waals surface area (Å²) in [7, 11) is 0.309. The molecule has 0 amide bonds. The van der Waals surface area contributed by atoms with Crippen molar-refractivity contribution in [3.05, 3.63) is 60.2 Å². The Labute approximate surface area is 239 Å². The number of hydrogen-bond donors (Lipinski definition) is 1. The van der Waals surface area contributed by atoms with Crippen LogP contribution in [0.1, 0.15) is 38.3 Å². The monoisotopic (exact) mass is 583 g/mol. The van der Waals surface area contributed by atoms with Crippen LogP contribution in [-0.4, -0.2) is 70.8 Å². The summed E-state index contributed by atoms with van der Waals surface area (Å²) < 4.78 is 54.3. The number of para-hydroxylation sites is 1. The van der Waals surface area contributed by atoms with Gasteiger partial charge in [-0.25, -0.2) is 23.4 Å². The number of sulfonamides is 1. The minimum Gasteiger partial charge on any atom is -0.494 e. The van der Waals surface area contributed by atoms with E-state index in [-0.39, 0.29) is 23.7 Å². The topological polar surface area (TPSA) is 152 Å². The van der Waals surface area contributed by atoms with E-state index in [2.05, 4.69) is 29.9 Å². The third kappa shape index (κ3) is 6.38. The fourth-order valence-corrected chi connectivity index (χ4v) is 5.12. The average Bonchev–Trinajstić information content (AvgIpc) is 3.37. The van der Waals surface area contributed by atoms with Crippen LogP contribution >= 0.6 is 0 Å². The molecule has 41 heavy (non-hydrogen) atoms. The molecule has 13 nitrogen and oxygen atoms in total. The molecule has 0 bridgehead atoms. The van der Waals surface area contributed by atoms with Crippen LogP contribution in [0.15, 0.2) is 48.8 Å². The Morgan fingerprint density at radius 3 is 2.10 bits per heavy atom. The Hall–Kier alpha value is -4.30. The van der Waals surface area contributed by atoms with Crippen molar-refractivity contribution in [2.24, 2.45) is 0 Å². The lowest BCUT2D eigenvalue weighted by atomic mass is 10.2. The Morgan fingerprint density at radius 2 is 1.51 bits per heavy atom. The Kier molecular flexibility index (Phi) is 9.03. The van der Waals surface area contributed by atoms with Gasteiger partial charge in [-0.1, -0.05) is 12.1 Å². The number of aryl methyl sites for hydroxylation is 1. The predicted molar refractivity (Wildman–Crippen MR) is 152 cm³/mol. The van der Waals surface area contributed by atoms with Crippen LogP contribution in [0.4, 0.5) is 5.95 Å². The van der Waals surface area contributed by atoms with Crippen molar-refractivity contribution in [1.29, 1.82) is 0 Å². The van der Waals surface area contributed by atoms with Gasteiger partial charge in [0.1, 0.15) is 34.2 Å². The zero-order chi connectivity index (χ0) is 29.7. The molecule has 0 aliphatic rings. The number of pyridine rings is 1. The number of benzene rings is 1. The first kappa shape index (κ1) is 29.7. The van der Waals surface area contributed by atoms with E-state index in [1.54, 1.807) is 48.8 Å². The fourth-order valence-electron chi connectivity index (χ4n) is 4.04. The molecule has 0 spiro atoms. The van der Waals surface area contributed by atoms with E-state index in [0.717, 1.165) is 5.56 Å². The molecule has 2 atom stereocenters. The van der Waals surface area contributed by atoms with Crippen molar-refractivity contribution in [3.8, 4) is 34.6 Å². The first-order chi connectivity index (χ1) is 19.6. The Bertz CT molecular complexity index is 1570. The third-order valence-electron chi connectivity index (χ3n) is 6.07. The molecule has 3 heterocycles. The second-order valence-electron chi connectivity index (χ2n) is 9.34. The quantitative estimate of drug-likeness (QED) is 0.259. The molecule has 0 radical (unpaired) electrons. The van der Waals surface area contributed by atoms with Crippen LogP contribution in [0, 0.1) is 6.92 Å². The van der Waals surface area contributed by atoms with Crippen molar-refractivity contribution >= 4 is 16.0 Å². The fraction of sp³-hybridized carbons (Fsp3) is 0.370. The van der Waals surface area contributed by atoms with Crippen LogP contribution in [-0.2, 0) is 14.8 Å². The lowest BCUT2D eigenvalue weighted by molar-refractivity contribution is 0.00152. The number of hydrogen-bond acceptors (Lipinski definition) is 11. The van der Waals surface area contributed by atoms with Gasteiger partial charge >= 0.3 is 0 Å². The van der Waals surface area contributed by atoms with Crippen molar-refractivity contribution < 1.29 is 27.4 Å². The number of anilines is 1. The second-order valence-corrected chi connectivity index (χ2v) is 11.4. The maximum Gasteiger partial charge on any atom is 0.243 e. The van der Waals surface area contributed by atoms with Crippen molar-refractivity contribution in [1.82, 2.24) is 29.7 Å². The molecule has 0 aliphatic heterocycles. The molecule has 3 aromatic heterocycles. The molecule has 1 aromatic carbocycles. The van der Waals surface area contributed by atoms with Crippen molar-refractivity contribution in [2.75, 3.05) is 26.1 Å². The molecule has 0 fully saturated rings. The molecule has 1 N–H and O–H groups in total. The van der Waals surface area contributed by atoms with Gasteiger partial charge in [-0.3, -0.25) is 9.29 Å². The van der Waals surface area contributed by atoms with E-state index in [4.69, 9.17) is 18.9 Å². The van der Waals surface area contributed by atoms with Gasteiger partial charge in [-0.2, -0.15) is 0 Å². The Morgan fingerprint density at radius 1 is 0.878 bits per heavy atom. The summed E-state index contributed by atoms with van der Waals surface area (Å²) in [6.45, 7) is 6.99.